The van der Waals surface area contributed by atoms with Crippen molar-refractivity contribution in [3.05, 3.63) is 0 Å². The predicted octanol–water partition coefficient (Wildman–Crippen LogP) is -29.3. The molecule has 0 saturated heterocycles. The van der Waals surface area contributed by atoms with Crippen LogP contribution in [0.2, 0.25) is 0 Å². The zero-order valence-electron chi connectivity index (χ0n) is 7.71. The van der Waals surface area contributed by atoms with Crippen LogP contribution < -0.4 is 184 Å². The van der Waals surface area contributed by atoms with Crippen molar-refractivity contribution in [2.75, 3.05) is 0 Å². The third kappa shape index (κ3) is 337. The summed E-state index contributed by atoms with van der Waals surface area (Å²) in [6.45, 7) is 0. The van der Waals surface area contributed by atoms with E-state index in [-0.39, 0.29) is 80.6 Å². The van der Waals surface area contributed by atoms with Crippen molar-refractivity contribution in [2.45, 2.75) is 0 Å². The summed E-state index contributed by atoms with van der Waals surface area (Å²) in [7, 11) is 0. The van der Waals surface area contributed by atoms with Gasteiger partial charge in [0, 0.05) is 0 Å². The van der Waals surface area contributed by atoms with E-state index in [9.17, 15) is 0 Å². The number of halogens is 4. The average molecular weight is 982 g/mol. The van der Waals surface area contributed by atoms with Gasteiger partial charge in [0.2, 0.25) is 0 Å². The fourth-order valence-corrected chi connectivity index (χ4v) is 0. The molecule has 0 saturated carbocycles. The van der Waals surface area contributed by atoms with Crippen LogP contribution in [0.4, 0.5) is 0 Å². The molecule has 112 valence electrons. The largest absolute Gasteiger partial charge is 3.00 e. The Morgan fingerprint density at radius 3 is 0.333 bits per heavy atom. The molecular formula is AuI4O12Rb. The fourth-order valence-electron chi connectivity index (χ4n) is 0. The van der Waals surface area contributed by atoms with Crippen LogP contribution in [0.1, 0.15) is 0 Å². The van der Waals surface area contributed by atoms with Crippen molar-refractivity contribution in [3.8, 4) is 0 Å². The first-order valence-electron chi connectivity index (χ1n) is 1.85. The quantitative estimate of drug-likeness (QED) is 0.162. The van der Waals surface area contributed by atoms with E-state index in [1.54, 1.807) is 0 Å². The van der Waals surface area contributed by atoms with Gasteiger partial charge in [0.05, 0.1) is 0 Å². The first-order valence-corrected chi connectivity index (χ1v) is 12.4. The molecule has 18 heavy (non-hydrogen) atoms. The van der Waals surface area contributed by atoms with Crippen molar-refractivity contribution >= 4 is 0 Å². The molecule has 0 aliphatic heterocycles. The molecular weight excluding hydrogens is 982 g/mol. The van der Waals surface area contributed by atoms with Gasteiger partial charge >= 0.3 is 80.6 Å². The Morgan fingerprint density at radius 2 is 0.333 bits per heavy atom. The molecule has 0 spiro atoms. The summed E-state index contributed by atoms with van der Waals surface area (Å²) in [4.78, 5) is 0. The van der Waals surface area contributed by atoms with Crippen LogP contribution in [0.25, 0.3) is 0 Å². The van der Waals surface area contributed by atoms with Gasteiger partial charge in [-0.25, -0.2) is 0 Å². The molecule has 0 aromatic carbocycles. The number of hydrogen-bond acceptors (Lipinski definition) is 12. The van der Waals surface area contributed by atoms with Crippen molar-refractivity contribution in [2.24, 2.45) is 0 Å². The van der Waals surface area contributed by atoms with Gasteiger partial charge in [-0.15, -0.1) is 0 Å². The van der Waals surface area contributed by atoms with Crippen LogP contribution >= 0.6 is 0 Å². The zero-order valence-corrected chi connectivity index (χ0v) is 23.4. The minimum atomic E-state index is -4.01. The maximum atomic E-state index is 8.57. The molecule has 0 aromatic rings. The Labute approximate surface area is 201 Å². The van der Waals surface area contributed by atoms with Crippen LogP contribution in [0, 0.1) is 0 Å². The second-order valence-corrected chi connectivity index (χ2v) is 5.07. The third-order valence-electron chi connectivity index (χ3n) is 0. The minimum Gasteiger partial charge on any atom is -0.427 e. The van der Waals surface area contributed by atoms with Gasteiger partial charge in [-0.1, -0.05) is 0 Å². The topological polar surface area (TPSA) is 277 Å². The van der Waals surface area contributed by atoms with Crippen LogP contribution in [0.15, 0.2) is 0 Å². The molecule has 0 unspecified atom stereocenters. The van der Waals surface area contributed by atoms with E-state index in [0.29, 0.717) is 0 Å². The van der Waals surface area contributed by atoms with Crippen LogP contribution in [-0.2, 0) is 22.4 Å². The van der Waals surface area contributed by atoms with E-state index in [1.165, 1.54) is 0 Å². The molecule has 0 aliphatic rings. The SMILES string of the molecule is [Au+3].[O-][I+2]([O-])[O-].[O-][I+2]([O-])[O-].[O-][I+2]([O-])[O-].[O-][I+2]([O-])[O-].[Rb+]. The first kappa shape index (κ1) is 38.5. The van der Waals surface area contributed by atoms with Crippen molar-refractivity contribution < 1.29 is 206 Å². The van der Waals surface area contributed by atoms with Crippen molar-refractivity contribution in [1.82, 2.24) is 0 Å². The van der Waals surface area contributed by atoms with Gasteiger partial charge in [-0.2, -0.15) is 0 Å². The molecule has 0 rings (SSSR count). The maximum absolute atomic E-state index is 8.57. The van der Waals surface area contributed by atoms with E-state index in [2.05, 4.69) is 0 Å². The van der Waals surface area contributed by atoms with Crippen molar-refractivity contribution in [1.29, 1.82) is 0 Å². The standard InChI is InChI=1S/Au.4IO3.Rb/c;4*2-1(3)4;/q+3;4*-1;+1. The molecule has 0 heterocycles. The Bertz CT molecular complexity index is 67.1. The Kier molecular flexibility index (Phi) is 71.8. The van der Waals surface area contributed by atoms with E-state index in [0.717, 1.165) is 0 Å². The molecule has 18 heteroatoms. The van der Waals surface area contributed by atoms with E-state index < -0.39 is 84.3 Å². The first-order chi connectivity index (χ1) is 6.93. The summed E-state index contributed by atoms with van der Waals surface area (Å²) in [5.41, 5.74) is 0. The predicted molar refractivity (Wildman–Crippen MR) is 0 cm³/mol. The Balaban J connectivity index is -0.0000000257. The number of hydrogen-bond donors (Lipinski definition) is 0. The monoisotopic (exact) mass is 981 g/mol. The summed E-state index contributed by atoms with van der Waals surface area (Å²) in [6.07, 6.45) is 0. The summed E-state index contributed by atoms with van der Waals surface area (Å²) in [6, 6.07) is 0. The van der Waals surface area contributed by atoms with Crippen LogP contribution in [0.5, 0.6) is 0 Å². The van der Waals surface area contributed by atoms with Gasteiger partial charge in [0.1, 0.15) is 0 Å². The van der Waals surface area contributed by atoms with Crippen LogP contribution in [-0.4, -0.2) is 0 Å². The van der Waals surface area contributed by atoms with Crippen molar-refractivity contribution in [3.63, 3.8) is 0 Å². The Morgan fingerprint density at radius 1 is 0.333 bits per heavy atom. The summed E-state index contributed by atoms with van der Waals surface area (Å²) in [5, 5.41) is 0. The molecule has 0 bridgehead atoms. The van der Waals surface area contributed by atoms with Gasteiger partial charge in [-0.3, -0.25) is 0 Å². The van der Waals surface area contributed by atoms with Gasteiger partial charge in [0.15, 0.2) is 0 Å². The van der Waals surface area contributed by atoms with Gasteiger partial charge < -0.3 is 41.2 Å². The van der Waals surface area contributed by atoms with E-state index >= 15 is 0 Å². The molecule has 12 nitrogen and oxygen atoms in total. The molecule has 0 N–H and O–H groups in total. The van der Waals surface area contributed by atoms with E-state index in [4.69, 9.17) is 41.2 Å². The van der Waals surface area contributed by atoms with Gasteiger partial charge in [-0.05, 0) is 0 Å². The number of rotatable bonds is 0. The molecule has 0 fully saturated rings. The summed E-state index contributed by atoms with van der Waals surface area (Å²) >= 11 is -16.1. The van der Waals surface area contributed by atoms with Gasteiger partial charge in [0.25, 0.3) is 84.3 Å². The maximum Gasteiger partial charge on any atom is 3.00 e. The minimum absolute atomic E-state index is 0. The molecule has 0 atom stereocenters. The second kappa shape index (κ2) is 33.6. The summed E-state index contributed by atoms with van der Waals surface area (Å²) < 4.78 is 103. The molecule has 0 radical (unpaired) electrons. The molecule has 0 amide bonds. The molecule has 0 aromatic heterocycles. The van der Waals surface area contributed by atoms with E-state index in [1.807, 2.05) is 0 Å². The van der Waals surface area contributed by atoms with Crippen LogP contribution in [0.3, 0.4) is 0 Å². The average Bonchev–Trinajstić information content (AvgIpc) is 1.76. The smallest absolute Gasteiger partial charge is 0.427 e. The zero-order chi connectivity index (χ0) is 14.3. The normalized spacial score (nSPS) is 8.00. The second-order valence-electron chi connectivity index (χ2n) is 0.756. The fraction of sp³-hybridized carbons (Fsp3) is 0. The molecule has 0 aliphatic carbocycles. The Hall–Kier alpha value is 4.99. The summed E-state index contributed by atoms with van der Waals surface area (Å²) in [5.74, 6) is 0. The third-order valence-corrected chi connectivity index (χ3v) is 0.